The van der Waals surface area contributed by atoms with Crippen LogP contribution in [0.4, 0.5) is 5.69 Å². The Balaban J connectivity index is 1.77. The van der Waals surface area contributed by atoms with Gasteiger partial charge in [-0.2, -0.15) is 0 Å². The largest absolute Gasteiger partial charge is 0.363 e. The van der Waals surface area contributed by atoms with Crippen LogP contribution in [0.25, 0.3) is 0 Å². The van der Waals surface area contributed by atoms with Crippen molar-refractivity contribution in [1.82, 2.24) is 5.32 Å². The molecule has 0 bridgehead atoms. The van der Waals surface area contributed by atoms with Crippen molar-refractivity contribution >= 4 is 17.0 Å². The quantitative estimate of drug-likeness (QED) is 0.856. The van der Waals surface area contributed by atoms with Crippen molar-refractivity contribution in [2.24, 2.45) is 0 Å². The molecule has 1 unspecified atom stereocenters. The van der Waals surface area contributed by atoms with Crippen LogP contribution in [-0.2, 0) is 6.54 Å². The molecule has 1 saturated carbocycles. The third-order valence-corrected chi connectivity index (χ3v) is 4.91. The number of nitrogens with one attached hydrogen (secondary N) is 1. The minimum Gasteiger partial charge on any atom is -0.363 e. The summed E-state index contributed by atoms with van der Waals surface area (Å²) in [4.78, 5) is 4.00. The number of rotatable bonds is 6. The highest BCUT2D eigenvalue weighted by Crippen LogP contribution is 2.34. The lowest BCUT2D eigenvalue weighted by Crippen LogP contribution is -2.24. The maximum atomic E-state index is 3.29. The van der Waals surface area contributed by atoms with Gasteiger partial charge in [-0.1, -0.05) is 18.2 Å². The predicted molar refractivity (Wildman–Crippen MR) is 87.4 cm³/mol. The molecule has 0 amide bonds. The van der Waals surface area contributed by atoms with Gasteiger partial charge in [-0.3, -0.25) is 0 Å². The number of hydrogen-bond donors (Lipinski definition) is 1. The van der Waals surface area contributed by atoms with Crippen LogP contribution in [-0.4, -0.2) is 13.1 Å². The van der Waals surface area contributed by atoms with E-state index in [1.54, 1.807) is 0 Å². The number of hydrogen-bond acceptors (Lipinski definition) is 3. The third-order valence-electron chi connectivity index (χ3n) is 4.05. The highest BCUT2D eigenvalue weighted by Gasteiger charge is 2.29. The minimum atomic E-state index is 0.413. The van der Waals surface area contributed by atoms with E-state index in [1.165, 1.54) is 29.0 Å². The van der Waals surface area contributed by atoms with E-state index in [0.717, 1.165) is 12.6 Å². The summed E-state index contributed by atoms with van der Waals surface area (Å²) in [6.45, 7) is 3.24. The normalized spacial score (nSPS) is 16.1. The summed E-state index contributed by atoms with van der Waals surface area (Å²) in [5.41, 5.74) is 2.70. The Labute approximate surface area is 125 Å². The second-order valence-electron chi connectivity index (χ2n) is 5.54. The standard InChI is InChI=1S/C17H22N2S/c1-13(18-2)14-5-7-15(8-6-14)19(16-9-10-16)12-17-4-3-11-20-17/h3-8,11,13,16,18H,9-10,12H2,1-2H3. The fourth-order valence-corrected chi connectivity index (χ4v) is 3.21. The molecule has 1 atom stereocenters. The van der Waals surface area contributed by atoms with Crippen LogP contribution in [0.5, 0.6) is 0 Å². The molecule has 0 saturated heterocycles. The van der Waals surface area contributed by atoms with Crippen LogP contribution in [0, 0.1) is 0 Å². The SMILES string of the molecule is CNC(C)c1ccc(N(Cc2cccs2)C2CC2)cc1. The Morgan fingerprint density at radius 2 is 2.00 bits per heavy atom. The number of thiophene rings is 1. The zero-order chi connectivity index (χ0) is 13.9. The van der Waals surface area contributed by atoms with Gasteiger partial charge < -0.3 is 10.2 Å². The molecule has 3 heteroatoms. The maximum absolute atomic E-state index is 3.29. The first-order valence-corrected chi connectivity index (χ1v) is 8.22. The summed E-state index contributed by atoms with van der Waals surface area (Å²) >= 11 is 1.85. The van der Waals surface area contributed by atoms with Gasteiger partial charge >= 0.3 is 0 Å². The molecular weight excluding hydrogens is 264 g/mol. The Morgan fingerprint density at radius 1 is 1.25 bits per heavy atom. The maximum Gasteiger partial charge on any atom is 0.0525 e. The van der Waals surface area contributed by atoms with Crippen LogP contribution in [0.15, 0.2) is 41.8 Å². The summed E-state index contributed by atoms with van der Waals surface area (Å²) in [5.74, 6) is 0. The molecule has 106 valence electrons. The highest BCUT2D eigenvalue weighted by atomic mass is 32.1. The summed E-state index contributed by atoms with van der Waals surface area (Å²) in [7, 11) is 2.01. The van der Waals surface area contributed by atoms with Gasteiger partial charge in [-0.15, -0.1) is 11.3 Å². The lowest BCUT2D eigenvalue weighted by Gasteiger charge is -2.24. The van der Waals surface area contributed by atoms with E-state index in [1.807, 2.05) is 18.4 Å². The molecule has 1 fully saturated rings. The van der Waals surface area contributed by atoms with Gasteiger partial charge in [0.1, 0.15) is 0 Å². The molecule has 20 heavy (non-hydrogen) atoms. The first kappa shape index (κ1) is 13.7. The van der Waals surface area contributed by atoms with Crippen molar-refractivity contribution < 1.29 is 0 Å². The molecule has 2 aromatic rings. The monoisotopic (exact) mass is 286 g/mol. The molecule has 0 radical (unpaired) electrons. The first-order chi connectivity index (χ1) is 9.78. The molecule has 3 rings (SSSR count). The van der Waals surface area contributed by atoms with Crippen molar-refractivity contribution in [3.05, 3.63) is 52.2 Å². The molecule has 1 aromatic heterocycles. The molecule has 1 heterocycles. The fraction of sp³-hybridized carbons (Fsp3) is 0.412. The van der Waals surface area contributed by atoms with E-state index in [0.29, 0.717) is 6.04 Å². The average molecular weight is 286 g/mol. The Hall–Kier alpha value is -1.32. The Morgan fingerprint density at radius 3 is 2.55 bits per heavy atom. The second kappa shape index (κ2) is 5.98. The van der Waals surface area contributed by atoms with Gasteiger partial charge in [0.15, 0.2) is 0 Å². The lowest BCUT2D eigenvalue weighted by molar-refractivity contribution is 0.652. The smallest absolute Gasteiger partial charge is 0.0525 e. The van der Waals surface area contributed by atoms with E-state index in [9.17, 15) is 0 Å². The van der Waals surface area contributed by atoms with Crippen molar-refractivity contribution in [1.29, 1.82) is 0 Å². The first-order valence-electron chi connectivity index (χ1n) is 7.34. The van der Waals surface area contributed by atoms with Crippen molar-refractivity contribution in [3.8, 4) is 0 Å². The average Bonchev–Trinajstić information content (AvgIpc) is 3.21. The fourth-order valence-electron chi connectivity index (χ4n) is 2.51. The predicted octanol–water partition coefficient (Wildman–Crippen LogP) is 4.20. The van der Waals surface area contributed by atoms with Crippen LogP contribution in [0.1, 0.15) is 36.2 Å². The summed E-state index contributed by atoms with van der Waals surface area (Å²) in [5, 5.41) is 5.45. The molecular formula is C17H22N2S. The Kier molecular flexibility index (Phi) is 4.08. The number of anilines is 1. The summed E-state index contributed by atoms with van der Waals surface area (Å²) in [6, 6.07) is 14.6. The van der Waals surface area contributed by atoms with Gasteiger partial charge in [-0.05, 0) is 56.0 Å². The zero-order valence-electron chi connectivity index (χ0n) is 12.2. The molecule has 1 aliphatic carbocycles. The van der Waals surface area contributed by atoms with Crippen LogP contribution in [0.2, 0.25) is 0 Å². The van der Waals surface area contributed by atoms with Crippen molar-refractivity contribution in [2.45, 2.75) is 38.4 Å². The van der Waals surface area contributed by atoms with Gasteiger partial charge in [0.05, 0.1) is 6.54 Å². The van der Waals surface area contributed by atoms with Crippen molar-refractivity contribution in [3.63, 3.8) is 0 Å². The van der Waals surface area contributed by atoms with Gasteiger partial charge in [-0.25, -0.2) is 0 Å². The topological polar surface area (TPSA) is 15.3 Å². The van der Waals surface area contributed by atoms with E-state index in [4.69, 9.17) is 0 Å². The number of benzene rings is 1. The number of nitrogens with zero attached hydrogens (tertiary/aromatic N) is 1. The van der Waals surface area contributed by atoms with Gasteiger partial charge in [0.25, 0.3) is 0 Å². The van der Waals surface area contributed by atoms with E-state index < -0.39 is 0 Å². The molecule has 1 aromatic carbocycles. The molecule has 1 aliphatic rings. The third kappa shape index (κ3) is 3.05. The summed E-state index contributed by atoms with van der Waals surface area (Å²) in [6.07, 6.45) is 2.67. The highest BCUT2D eigenvalue weighted by molar-refractivity contribution is 7.09. The molecule has 0 aliphatic heterocycles. The van der Waals surface area contributed by atoms with E-state index in [-0.39, 0.29) is 0 Å². The lowest BCUT2D eigenvalue weighted by atomic mass is 10.1. The minimum absolute atomic E-state index is 0.413. The Bertz CT molecular complexity index is 529. The van der Waals surface area contributed by atoms with Gasteiger partial charge in [0.2, 0.25) is 0 Å². The molecule has 1 N–H and O–H groups in total. The molecule has 0 spiro atoms. The van der Waals surface area contributed by atoms with E-state index in [2.05, 4.69) is 58.9 Å². The van der Waals surface area contributed by atoms with Crippen LogP contribution < -0.4 is 10.2 Å². The van der Waals surface area contributed by atoms with E-state index >= 15 is 0 Å². The van der Waals surface area contributed by atoms with Crippen LogP contribution in [0.3, 0.4) is 0 Å². The summed E-state index contributed by atoms with van der Waals surface area (Å²) < 4.78 is 0. The van der Waals surface area contributed by atoms with Crippen molar-refractivity contribution in [2.75, 3.05) is 11.9 Å². The molecule has 2 nitrogen and oxygen atoms in total. The zero-order valence-corrected chi connectivity index (χ0v) is 13.0. The van der Waals surface area contributed by atoms with Crippen LogP contribution >= 0.6 is 11.3 Å². The second-order valence-corrected chi connectivity index (χ2v) is 6.57. The van der Waals surface area contributed by atoms with Gasteiger partial charge in [0, 0.05) is 22.6 Å².